The standard InChI is InChI=1S/C22H20ClN5O2/c1-13-5-7-24-18(9-13)27-19-11-15-6-8-25-22(30)20(15)21(28-19)26-12-17(29)14-3-2-4-16(23)10-14/h2-11,17,29H,12H2,1H3,(H,25,30)(H2,24,26,27,28). The van der Waals surface area contributed by atoms with Gasteiger partial charge in [-0.3, -0.25) is 4.79 Å². The summed E-state index contributed by atoms with van der Waals surface area (Å²) in [6.07, 6.45) is 2.48. The predicted molar refractivity (Wildman–Crippen MR) is 120 cm³/mol. The van der Waals surface area contributed by atoms with Crippen LogP contribution in [0.3, 0.4) is 0 Å². The van der Waals surface area contributed by atoms with Crippen molar-refractivity contribution >= 4 is 39.8 Å². The third kappa shape index (κ3) is 4.42. The molecule has 0 radical (unpaired) electrons. The maximum atomic E-state index is 12.4. The van der Waals surface area contributed by atoms with Gasteiger partial charge in [-0.15, -0.1) is 0 Å². The number of halogens is 1. The number of hydrogen-bond donors (Lipinski definition) is 4. The molecule has 3 aromatic heterocycles. The molecule has 1 aromatic carbocycles. The first kappa shape index (κ1) is 19.9. The topological polar surface area (TPSA) is 103 Å². The van der Waals surface area contributed by atoms with Gasteiger partial charge in [0.25, 0.3) is 5.56 Å². The van der Waals surface area contributed by atoms with Crippen LogP contribution in [0, 0.1) is 6.92 Å². The van der Waals surface area contributed by atoms with Gasteiger partial charge in [0.05, 0.1) is 11.5 Å². The van der Waals surface area contributed by atoms with Crippen LogP contribution in [0.5, 0.6) is 0 Å². The fourth-order valence-corrected chi connectivity index (χ4v) is 3.37. The van der Waals surface area contributed by atoms with E-state index in [0.29, 0.717) is 38.8 Å². The molecule has 8 heteroatoms. The Balaban J connectivity index is 1.66. The number of rotatable bonds is 6. The van der Waals surface area contributed by atoms with Gasteiger partial charge in [-0.2, -0.15) is 0 Å². The molecule has 30 heavy (non-hydrogen) atoms. The first-order valence-electron chi connectivity index (χ1n) is 9.39. The van der Waals surface area contributed by atoms with Crippen LogP contribution in [0.2, 0.25) is 5.02 Å². The van der Waals surface area contributed by atoms with E-state index in [0.717, 1.165) is 5.56 Å². The van der Waals surface area contributed by atoms with Crippen molar-refractivity contribution in [2.75, 3.05) is 17.2 Å². The quantitative estimate of drug-likeness (QED) is 0.372. The summed E-state index contributed by atoms with van der Waals surface area (Å²) in [6, 6.07) is 14.4. The number of fused-ring (bicyclic) bond motifs is 1. The minimum Gasteiger partial charge on any atom is -0.387 e. The molecule has 4 aromatic rings. The summed E-state index contributed by atoms with van der Waals surface area (Å²) in [4.78, 5) is 23.9. The van der Waals surface area contributed by atoms with Crippen LogP contribution in [0.25, 0.3) is 10.8 Å². The summed E-state index contributed by atoms with van der Waals surface area (Å²) >= 11 is 6.01. The Morgan fingerprint density at radius 1 is 1.17 bits per heavy atom. The highest BCUT2D eigenvalue weighted by Crippen LogP contribution is 2.25. The second-order valence-corrected chi connectivity index (χ2v) is 7.36. The fourth-order valence-electron chi connectivity index (χ4n) is 3.17. The number of benzene rings is 1. The molecule has 1 unspecified atom stereocenters. The molecule has 0 fully saturated rings. The van der Waals surface area contributed by atoms with E-state index in [9.17, 15) is 9.90 Å². The molecule has 0 saturated carbocycles. The van der Waals surface area contributed by atoms with Crippen molar-refractivity contribution in [3.8, 4) is 0 Å². The molecule has 1 atom stereocenters. The molecule has 0 amide bonds. The third-order valence-corrected chi connectivity index (χ3v) is 4.86. The highest BCUT2D eigenvalue weighted by atomic mass is 35.5. The largest absolute Gasteiger partial charge is 0.387 e. The number of pyridine rings is 3. The van der Waals surface area contributed by atoms with Gasteiger partial charge in [-0.1, -0.05) is 23.7 Å². The molecule has 3 heterocycles. The number of aliphatic hydroxyl groups excluding tert-OH is 1. The van der Waals surface area contributed by atoms with Gasteiger partial charge in [-0.05, 0) is 59.8 Å². The molecule has 0 aliphatic rings. The van der Waals surface area contributed by atoms with E-state index in [1.54, 1.807) is 48.8 Å². The zero-order valence-electron chi connectivity index (χ0n) is 16.2. The van der Waals surface area contributed by atoms with Crippen molar-refractivity contribution < 1.29 is 5.11 Å². The highest BCUT2D eigenvalue weighted by molar-refractivity contribution is 6.30. The number of hydrogen-bond acceptors (Lipinski definition) is 6. The van der Waals surface area contributed by atoms with Gasteiger partial charge in [-0.25, -0.2) is 9.97 Å². The van der Waals surface area contributed by atoms with Crippen molar-refractivity contribution in [2.24, 2.45) is 0 Å². The Morgan fingerprint density at radius 3 is 2.83 bits per heavy atom. The van der Waals surface area contributed by atoms with Gasteiger partial charge in [0.2, 0.25) is 0 Å². The second kappa shape index (κ2) is 8.52. The van der Waals surface area contributed by atoms with Crippen LogP contribution in [-0.2, 0) is 0 Å². The number of aromatic nitrogens is 3. The Bertz CT molecular complexity index is 1260. The number of aliphatic hydroxyl groups is 1. The molecule has 0 bridgehead atoms. The minimum absolute atomic E-state index is 0.156. The molecule has 7 nitrogen and oxygen atoms in total. The lowest BCUT2D eigenvalue weighted by molar-refractivity contribution is 0.191. The minimum atomic E-state index is -0.821. The molecular weight excluding hydrogens is 402 g/mol. The number of nitrogens with zero attached hydrogens (tertiary/aromatic N) is 2. The summed E-state index contributed by atoms with van der Waals surface area (Å²) in [6.45, 7) is 2.13. The van der Waals surface area contributed by atoms with E-state index >= 15 is 0 Å². The average molecular weight is 422 g/mol. The SMILES string of the molecule is Cc1ccnc(Nc2cc3cc[nH]c(=O)c3c(NCC(O)c3cccc(Cl)c3)n2)c1. The van der Waals surface area contributed by atoms with Gasteiger partial charge in [0.1, 0.15) is 17.5 Å². The van der Waals surface area contributed by atoms with Crippen LogP contribution in [0.1, 0.15) is 17.2 Å². The first-order valence-corrected chi connectivity index (χ1v) is 9.77. The molecule has 4 rings (SSSR count). The second-order valence-electron chi connectivity index (χ2n) is 6.92. The van der Waals surface area contributed by atoms with E-state index in [-0.39, 0.29) is 12.1 Å². The van der Waals surface area contributed by atoms with Crippen molar-refractivity contribution in [3.05, 3.63) is 87.4 Å². The van der Waals surface area contributed by atoms with Gasteiger partial charge in [0, 0.05) is 24.0 Å². The van der Waals surface area contributed by atoms with Gasteiger partial charge >= 0.3 is 0 Å². The smallest absolute Gasteiger partial charge is 0.259 e. The monoisotopic (exact) mass is 421 g/mol. The summed E-state index contributed by atoms with van der Waals surface area (Å²) in [5, 5.41) is 18.5. The number of H-pyrrole nitrogens is 1. The summed E-state index contributed by atoms with van der Waals surface area (Å²) in [5.41, 5.74) is 1.47. The lowest BCUT2D eigenvalue weighted by Gasteiger charge is -2.15. The zero-order chi connectivity index (χ0) is 21.1. The van der Waals surface area contributed by atoms with Crippen LogP contribution < -0.4 is 16.2 Å². The molecule has 0 aliphatic carbocycles. The molecule has 0 spiro atoms. The van der Waals surface area contributed by atoms with E-state index in [1.165, 1.54) is 0 Å². The van der Waals surface area contributed by atoms with E-state index in [4.69, 9.17) is 11.6 Å². The number of anilines is 3. The van der Waals surface area contributed by atoms with Crippen molar-refractivity contribution in [1.82, 2.24) is 15.0 Å². The van der Waals surface area contributed by atoms with E-state index < -0.39 is 6.10 Å². The Hall–Kier alpha value is -3.42. The van der Waals surface area contributed by atoms with Crippen LogP contribution in [0.4, 0.5) is 17.5 Å². The average Bonchev–Trinajstić information content (AvgIpc) is 2.72. The Labute approximate surface area is 177 Å². The molecule has 0 aliphatic heterocycles. The maximum absolute atomic E-state index is 12.4. The van der Waals surface area contributed by atoms with Crippen LogP contribution in [-0.4, -0.2) is 26.6 Å². The maximum Gasteiger partial charge on any atom is 0.259 e. The number of aromatic amines is 1. The highest BCUT2D eigenvalue weighted by Gasteiger charge is 2.13. The first-order chi connectivity index (χ1) is 14.5. The summed E-state index contributed by atoms with van der Waals surface area (Å²) in [7, 11) is 0. The predicted octanol–water partition coefficient (Wildman–Crippen LogP) is 4.17. The summed E-state index contributed by atoms with van der Waals surface area (Å²) < 4.78 is 0. The van der Waals surface area contributed by atoms with E-state index in [1.807, 2.05) is 19.1 Å². The van der Waals surface area contributed by atoms with E-state index in [2.05, 4.69) is 25.6 Å². The lowest BCUT2D eigenvalue weighted by atomic mass is 10.1. The normalized spacial score (nSPS) is 12.0. The Kier molecular flexibility index (Phi) is 5.65. The van der Waals surface area contributed by atoms with Crippen molar-refractivity contribution in [2.45, 2.75) is 13.0 Å². The lowest BCUT2D eigenvalue weighted by Crippen LogP contribution is -2.16. The zero-order valence-corrected chi connectivity index (χ0v) is 16.9. The fraction of sp³-hybridized carbons (Fsp3) is 0.136. The van der Waals surface area contributed by atoms with Crippen molar-refractivity contribution in [3.63, 3.8) is 0 Å². The van der Waals surface area contributed by atoms with Gasteiger partial charge in [0.15, 0.2) is 0 Å². The summed E-state index contributed by atoms with van der Waals surface area (Å²) in [5.74, 6) is 1.55. The molecule has 0 saturated heterocycles. The third-order valence-electron chi connectivity index (χ3n) is 4.62. The number of nitrogens with one attached hydrogen (secondary N) is 3. The Morgan fingerprint density at radius 2 is 2.03 bits per heavy atom. The molecular formula is C22H20ClN5O2. The van der Waals surface area contributed by atoms with Crippen LogP contribution >= 0.6 is 11.6 Å². The van der Waals surface area contributed by atoms with Crippen molar-refractivity contribution in [1.29, 1.82) is 0 Å². The molecule has 4 N–H and O–H groups in total. The molecule has 152 valence electrons. The van der Waals surface area contributed by atoms with Gasteiger partial charge < -0.3 is 20.7 Å². The van der Waals surface area contributed by atoms with Crippen LogP contribution in [0.15, 0.2) is 65.7 Å². The number of aryl methyl sites for hydroxylation is 1.